The van der Waals surface area contributed by atoms with Gasteiger partial charge >= 0.3 is 0 Å². The number of hydrogen-bond donors (Lipinski definition) is 1. The molecule has 0 radical (unpaired) electrons. The normalized spacial score (nSPS) is 10.8. The number of nitrogen functional groups attached to an aromatic ring is 1. The van der Waals surface area contributed by atoms with Gasteiger partial charge in [-0.15, -0.1) is 11.3 Å². The van der Waals surface area contributed by atoms with Gasteiger partial charge in [0, 0.05) is 10.9 Å². The molecule has 2 heterocycles. The molecule has 0 amide bonds. The zero-order chi connectivity index (χ0) is 12.6. The molecule has 17 heavy (non-hydrogen) atoms. The number of carbonyl (C=O) groups is 1. The number of aldehydes is 1. The Morgan fingerprint density at radius 1 is 1.47 bits per heavy atom. The molecular formula is C12H14N2O2S. The molecule has 0 saturated heterocycles. The van der Waals surface area contributed by atoms with Gasteiger partial charge in [0.1, 0.15) is 10.6 Å². The summed E-state index contributed by atoms with van der Waals surface area (Å²) in [5.74, 6) is 0.766. The predicted octanol–water partition coefficient (Wildman–Crippen LogP) is 2.71. The average molecular weight is 250 g/mol. The molecule has 0 aliphatic carbocycles. The van der Waals surface area contributed by atoms with Crippen LogP contribution in [-0.2, 0) is 0 Å². The van der Waals surface area contributed by atoms with E-state index in [9.17, 15) is 4.79 Å². The molecule has 4 nitrogen and oxygen atoms in total. The van der Waals surface area contributed by atoms with Crippen molar-refractivity contribution in [1.82, 2.24) is 4.98 Å². The molecule has 90 valence electrons. The van der Waals surface area contributed by atoms with Gasteiger partial charge in [-0.25, -0.2) is 4.98 Å². The van der Waals surface area contributed by atoms with Crippen LogP contribution in [0, 0.1) is 13.8 Å². The highest BCUT2D eigenvalue weighted by Crippen LogP contribution is 2.38. The van der Waals surface area contributed by atoms with Gasteiger partial charge in [0.25, 0.3) is 0 Å². The molecule has 2 aromatic rings. The number of rotatable bonds is 3. The lowest BCUT2D eigenvalue weighted by atomic mass is 10.1. The van der Waals surface area contributed by atoms with Crippen molar-refractivity contribution in [3.05, 3.63) is 16.1 Å². The zero-order valence-electron chi connectivity index (χ0n) is 10.0. The third kappa shape index (κ3) is 1.76. The number of hydrogen-bond acceptors (Lipinski definition) is 5. The first-order chi connectivity index (χ1) is 8.10. The number of pyridine rings is 1. The van der Waals surface area contributed by atoms with E-state index in [1.807, 2.05) is 20.8 Å². The summed E-state index contributed by atoms with van der Waals surface area (Å²) in [7, 11) is 0. The molecule has 0 saturated carbocycles. The van der Waals surface area contributed by atoms with Gasteiger partial charge in [-0.2, -0.15) is 0 Å². The number of anilines is 1. The maximum absolute atomic E-state index is 10.9. The van der Waals surface area contributed by atoms with E-state index in [0.717, 1.165) is 33.5 Å². The molecule has 0 aliphatic heterocycles. The molecule has 0 fully saturated rings. The first kappa shape index (κ1) is 11.9. The third-order valence-corrected chi connectivity index (χ3v) is 3.69. The van der Waals surface area contributed by atoms with Crippen LogP contribution in [0.1, 0.15) is 27.9 Å². The molecule has 0 aliphatic rings. The minimum absolute atomic E-state index is 0.506. The highest BCUT2D eigenvalue weighted by Gasteiger charge is 2.17. The van der Waals surface area contributed by atoms with E-state index < -0.39 is 0 Å². The second-order valence-electron chi connectivity index (χ2n) is 3.76. The Labute approximate surface area is 103 Å². The molecule has 5 heteroatoms. The number of carbonyl (C=O) groups excluding carboxylic acids is 1. The van der Waals surface area contributed by atoms with Crippen molar-refractivity contribution in [3.8, 4) is 5.75 Å². The van der Waals surface area contributed by atoms with Crippen molar-refractivity contribution < 1.29 is 9.53 Å². The molecule has 2 aromatic heterocycles. The molecule has 2 rings (SSSR count). The van der Waals surface area contributed by atoms with Crippen molar-refractivity contribution in [1.29, 1.82) is 0 Å². The third-order valence-electron chi connectivity index (χ3n) is 2.66. The van der Waals surface area contributed by atoms with E-state index in [1.54, 1.807) is 0 Å². The van der Waals surface area contributed by atoms with E-state index in [2.05, 4.69) is 4.98 Å². The van der Waals surface area contributed by atoms with Crippen LogP contribution < -0.4 is 10.5 Å². The summed E-state index contributed by atoms with van der Waals surface area (Å²) >= 11 is 1.32. The Morgan fingerprint density at radius 2 is 2.18 bits per heavy atom. The molecule has 2 N–H and O–H groups in total. The lowest BCUT2D eigenvalue weighted by Gasteiger charge is -2.10. The first-order valence-corrected chi connectivity index (χ1v) is 6.18. The number of nitrogens with zero attached hydrogens (tertiary/aromatic N) is 1. The second-order valence-corrected chi connectivity index (χ2v) is 4.79. The fourth-order valence-corrected chi connectivity index (χ4v) is 2.94. The quantitative estimate of drug-likeness (QED) is 0.851. The van der Waals surface area contributed by atoms with Crippen molar-refractivity contribution >= 4 is 33.5 Å². The van der Waals surface area contributed by atoms with Crippen LogP contribution in [0.25, 0.3) is 10.2 Å². The summed E-state index contributed by atoms with van der Waals surface area (Å²) in [6.07, 6.45) is 0.775. The molecule has 0 atom stereocenters. The predicted molar refractivity (Wildman–Crippen MR) is 70.1 cm³/mol. The highest BCUT2D eigenvalue weighted by molar-refractivity contribution is 7.20. The molecule has 0 unspecified atom stereocenters. The fourth-order valence-electron chi connectivity index (χ4n) is 1.92. The van der Waals surface area contributed by atoms with E-state index in [-0.39, 0.29) is 0 Å². The lowest BCUT2D eigenvalue weighted by molar-refractivity contribution is 0.112. The molecular weight excluding hydrogens is 236 g/mol. The molecule has 0 aromatic carbocycles. The molecule has 0 bridgehead atoms. The lowest BCUT2D eigenvalue weighted by Crippen LogP contribution is -1.99. The van der Waals surface area contributed by atoms with Crippen LogP contribution in [0.4, 0.5) is 5.69 Å². The van der Waals surface area contributed by atoms with Gasteiger partial charge < -0.3 is 10.5 Å². The van der Waals surface area contributed by atoms with Gasteiger partial charge in [-0.3, -0.25) is 4.79 Å². The van der Waals surface area contributed by atoms with Crippen molar-refractivity contribution in [2.45, 2.75) is 20.8 Å². The Kier molecular flexibility index (Phi) is 3.02. The smallest absolute Gasteiger partial charge is 0.162 e. The standard InChI is InChI=1S/C12H14N2O2S/c1-4-16-11-6(2)9-10(13)8(5-15)17-12(9)14-7(11)3/h5H,4,13H2,1-3H3. The summed E-state index contributed by atoms with van der Waals surface area (Å²) in [5.41, 5.74) is 8.24. The minimum Gasteiger partial charge on any atom is -0.492 e. The Hall–Kier alpha value is -1.62. The Bertz CT molecular complexity index is 590. The minimum atomic E-state index is 0.506. The van der Waals surface area contributed by atoms with Crippen LogP contribution in [-0.4, -0.2) is 17.9 Å². The largest absolute Gasteiger partial charge is 0.492 e. The van der Waals surface area contributed by atoms with Crippen LogP contribution in [0.5, 0.6) is 5.75 Å². The summed E-state index contributed by atoms with van der Waals surface area (Å²) in [6.45, 7) is 6.35. The Balaban J connectivity index is 2.80. The van der Waals surface area contributed by atoms with E-state index in [1.165, 1.54) is 11.3 Å². The van der Waals surface area contributed by atoms with E-state index in [4.69, 9.17) is 10.5 Å². The van der Waals surface area contributed by atoms with E-state index >= 15 is 0 Å². The van der Waals surface area contributed by atoms with E-state index in [0.29, 0.717) is 17.2 Å². The number of thiophene rings is 1. The summed E-state index contributed by atoms with van der Waals surface area (Å²) in [6, 6.07) is 0. The summed E-state index contributed by atoms with van der Waals surface area (Å²) < 4.78 is 5.57. The topological polar surface area (TPSA) is 65.2 Å². The van der Waals surface area contributed by atoms with Crippen molar-refractivity contribution in [2.24, 2.45) is 0 Å². The fraction of sp³-hybridized carbons (Fsp3) is 0.333. The highest BCUT2D eigenvalue weighted by atomic mass is 32.1. The van der Waals surface area contributed by atoms with Crippen LogP contribution in [0.3, 0.4) is 0 Å². The van der Waals surface area contributed by atoms with Gasteiger partial charge in [0.05, 0.1) is 22.9 Å². The van der Waals surface area contributed by atoms with Crippen LogP contribution in [0.15, 0.2) is 0 Å². The number of nitrogens with two attached hydrogens (primary N) is 1. The maximum Gasteiger partial charge on any atom is 0.162 e. The summed E-state index contributed by atoms with van der Waals surface area (Å²) in [4.78, 5) is 16.6. The number of ether oxygens (including phenoxy) is 1. The number of fused-ring (bicyclic) bond motifs is 1. The SMILES string of the molecule is CCOc1c(C)nc2sc(C=O)c(N)c2c1C. The van der Waals surface area contributed by atoms with Gasteiger partial charge in [-0.1, -0.05) is 0 Å². The van der Waals surface area contributed by atoms with Crippen molar-refractivity contribution in [2.75, 3.05) is 12.3 Å². The Morgan fingerprint density at radius 3 is 2.76 bits per heavy atom. The van der Waals surface area contributed by atoms with Crippen LogP contribution in [0.2, 0.25) is 0 Å². The average Bonchev–Trinajstić information content (AvgIpc) is 2.61. The van der Waals surface area contributed by atoms with Gasteiger partial charge in [-0.05, 0) is 20.8 Å². The number of aryl methyl sites for hydroxylation is 2. The van der Waals surface area contributed by atoms with Gasteiger partial charge in [0.15, 0.2) is 6.29 Å². The zero-order valence-corrected chi connectivity index (χ0v) is 10.9. The number of aromatic nitrogens is 1. The first-order valence-electron chi connectivity index (χ1n) is 5.37. The summed E-state index contributed by atoms with van der Waals surface area (Å²) in [5, 5.41) is 0.839. The second kappa shape index (κ2) is 4.33. The molecule has 0 spiro atoms. The maximum atomic E-state index is 10.9. The monoisotopic (exact) mass is 250 g/mol. The van der Waals surface area contributed by atoms with Crippen LogP contribution >= 0.6 is 11.3 Å². The van der Waals surface area contributed by atoms with Gasteiger partial charge in [0.2, 0.25) is 0 Å². The van der Waals surface area contributed by atoms with Crippen molar-refractivity contribution in [3.63, 3.8) is 0 Å².